The van der Waals surface area contributed by atoms with Crippen molar-refractivity contribution in [3.63, 3.8) is 0 Å². The molecule has 4 aromatic rings. The average molecular weight is 484 g/mol. The van der Waals surface area contributed by atoms with Gasteiger partial charge in [0.2, 0.25) is 0 Å². The Morgan fingerprint density at radius 1 is 1.09 bits per heavy atom. The Morgan fingerprint density at radius 2 is 1.83 bits per heavy atom. The molecule has 0 N–H and O–H groups in total. The van der Waals surface area contributed by atoms with Gasteiger partial charge in [0, 0.05) is 13.2 Å². The van der Waals surface area contributed by atoms with Crippen LogP contribution in [0.3, 0.4) is 0 Å². The quantitative estimate of drug-likeness (QED) is 0.431. The van der Waals surface area contributed by atoms with Gasteiger partial charge in [0.1, 0.15) is 0 Å². The third-order valence-corrected chi connectivity index (χ3v) is 6.30. The Balaban J connectivity index is 1.67. The molecule has 0 bridgehead atoms. The fraction of sp³-hybridized carbons (Fsp3) is 0.320. The van der Waals surface area contributed by atoms with Crippen LogP contribution in [0.25, 0.3) is 16.9 Å². The first-order valence-electron chi connectivity index (χ1n) is 11.3. The van der Waals surface area contributed by atoms with Gasteiger partial charge in [-0.3, -0.25) is 9.36 Å². The van der Waals surface area contributed by atoms with Crippen molar-refractivity contribution < 1.29 is 17.9 Å². The van der Waals surface area contributed by atoms with E-state index in [1.165, 1.54) is 27.6 Å². The second-order valence-electron chi connectivity index (χ2n) is 8.69. The lowest BCUT2D eigenvalue weighted by Crippen LogP contribution is -2.42. The summed E-state index contributed by atoms with van der Waals surface area (Å²) in [7, 11) is 0. The number of rotatable bonds is 5. The predicted octanol–water partition coefficient (Wildman–Crippen LogP) is 3.90. The molecular formula is C25H23F3N4O3. The van der Waals surface area contributed by atoms with Crippen LogP contribution in [-0.4, -0.2) is 31.4 Å². The molecule has 0 aliphatic carbocycles. The minimum absolute atomic E-state index is 0.116. The first-order chi connectivity index (χ1) is 16.7. The molecule has 182 valence electrons. The number of para-hydroxylation sites is 1. The van der Waals surface area contributed by atoms with Crippen molar-refractivity contribution in [1.29, 1.82) is 0 Å². The average Bonchev–Trinajstić information content (AvgIpc) is 3.48. The molecule has 1 fully saturated rings. The molecule has 5 rings (SSSR count). The molecule has 1 unspecified atom stereocenters. The number of hydrogen-bond donors (Lipinski definition) is 0. The Kier molecular flexibility index (Phi) is 5.84. The highest BCUT2D eigenvalue weighted by Crippen LogP contribution is 2.29. The number of alkyl halides is 3. The van der Waals surface area contributed by atoms with E-state index in [-0.39, 0.29) is 30.4 Å². The Bertz CT molecular complexity index is 1490. The zero-order chi connectivity index (χ0) is 24.7. The molecule has 1 aliphatic heterocycles. The van der Waals surface area contributed by atoms with E-state index >= 15 is 0 Å². The van der Waals surface area contributed by atoms with Gasteiger partial charge in [-0.2, -0.15) is 13.2 Å². The van der Waals surface area contributed by atoms with Crippen LogP contribution in [0.15, 0.2) is 64.4 Å². The largest absolute Gasteiger partial charge is 0.416 e. The molecule has 0 radical (unpaired) electrons. The molecule has 2 aromatic heterocycles. The van der Waals surface area contributed by atoms with Crippen LogP contribution in [0, 0.1) is 6.92 Å². The summed E-state index contributed by atoms with van der Waals surface area (Å²) < 4.78 is 48.7. The maximum absolute atomic E-state index is 13.6. The molecule has 0 amide bonds. The minimum atomic E-state index is -4.43. The zero-order valence-electron chi connectivity index (χ0n) is 19.0. The first kappa shape index (κ1) is 23.1. The van der Waals surface area contributed by atoms with E-state index in [9.17, 15) is 22.8 Å². The number of fused-ring (bicyclic) bond motifs is 1. The molecule has 1 saturated heterocycles. The van der Waals surface area contributed by atoms with Gasteiger partial charge in [-0.25, -0.2) is 14.3 Å². The third kappa shape index (κ3) is 4.29. The highest BCUT2D eigenvalue weighted by atomic mass is 19.4. The van der Waals surface area contributed by atoms with Gasteiger partial charge in [-0.1, -0.05) is 30.3 Å². The summed E-state index contributed by atoms with van der Waals surface area (Å²) in [5.74, 6) is 0. The zero-order valence-corrected chi connectivity index (χ0v) is 19.0. The van der Waals surface area contributed by atoms with Crippen molar-refractivity contribution >= 4 is 11.2 Å². The summed E-state index contributed by atoms with van der Waals surface area (Å²) >= 11 is 0. The molecule has 7 nitrogen and oxygen atoms in total. The summed E-state index contributed by atoms with van der Waals surface area (Å²) in [6.07, 6.45) is -1.62. The molecular weight excluding hydrogens is 461 g/mol. The normalized spacial score (nSPS) is 16.3. The number of benzene rings is 2. The van der Waals surface area contributed by atoms with Crippen LogP contribution in [0.2, 0.25) is 0 Å². The number of nitrogens with zero attached hydrogens (tertiary/aromatic N) is 4. The van der Waals surface area contributed by atoms with Crippen molar-refractivity contribution in [2.45, 2.75) is 45.1 Å². The van der Waals surface area contributed by atoms with E-state index < -0.39 is 23.0 Å². The number of ether oxygens (including phenoxy) is 1. The number of imidazole rings is 1. The minimum Gasteiger partial charge on any atom is -0.376 e. The van der Waals surface area contributed by atoms with Crippen molar-refractivity contribution in [3.8, 4) is 5.69 Å². The predicted molar refractivity (Wildman–Crippen MR) is 124 cm³/mol. The van der Waals surface area contributed by atoms with Crippen LogP contribution in [-0.2, 0) is 24.0 Å². The van der Waals surface area contributed by atoms with E-state index in [2.05, 4.69) is 4.98 Å². The van der Waals surface area contributed by atoms with Crippen molar-refractivity contribution in [1.82, 2.24) is 18.7 Å². The van der Waals surface area contributed by atoms with E-state index in [1.807, 2.05) is 19.1 Å². The Morgan fingerprint density at radius 3 is 2.49 bits per heavy atom. The summed E-state index contributed by atoms with van der Waals surface area (Å²) in [5, 5.41) is 0. The lowest BCUT2D eigenvalue weighted by molar-refractivity contribution is -0.137. The summed E-state index contributed by atoms with van der Waals surface area (Å²) in [4.78, 5) is 31.5. The highest BCUT2D eigenvalue weighted by molar-refractivity contribution is 5.73. The van der Waals surface area contributed by atoms with Gasteiger partial charge in [0.15, 0.2) is 11.2 Å². The van der Waals surface area contributed by atoms with Crippen LogP contribution < -0.4 is 11.2 Å². The second kappa shape index (κ2) is 8.84. The van der Waals surface area contributed by atoms with E-state index in [4.69, 9.17) is 4.74 Å². The fourth-order valence-corrected chi connectivity index (χ4v) is 4.48. The lowest BCUT2D eigenvalue weighted by atomic mass is 10.1. The molecule has 1 aliphatic rings. The van der Waals surface area contributed by atoms with Gasteiger partial charge >= 0.3 is 11.9 Å². The molecule has 0 saturated carbocycles. The first-order valence-corrected chi connectivity index (χ1v) is 11.3. The number of halogens is 3. The maximum Gasteiger partial charge on any atom is 0.416 e. The topological polar surface area (TPSA) is 71.1 Å². The van der Waals surface area contributed by atoms with Crippen molar-refractivity contribution in [2.75, 3.05) is 6.61 Å². The van der Waals surface area contributed by atoms with Gasteiger partial charge in [0.05, 0.1) is 30.2 Å². The molecule has 1 atom stereocenters. The Labute approximate surface area is 198 Å². The van der Waals surface area contributed by atoms with E-state index in [0.29, 0.717) is 17.9 Å². The smallest absolute Gasteiger partial charge is 0.376 e. The lowest BCUT2D eigenvalue weighted by Gasteiger charge is -2.16. The van der Waals surface area contributed by atoms with E-state index in [1.54, 1.807) is 16.7 Å². The highest BCUT2D eigenvalue weighted by Gasteiger charge is 2.30. The molecule has 3 heterocycles. The maximum atomic E-state index is 13.6. The van der Waals surface area contributed by atoms with Crippen molar-refractivity contribution in [3.05, 3.63) is 92.4 Å². The monoisotopic (exact) mass is 484 g/mol. The molecule has 10 heteroatoms. The Hall–Kier alpha value is -3.66. The van der Waals surface area contributed by atoms with Gasteiger partial charge in [0.25, 0.3) is 5.56 Å². The fourth-order valence-electron chi connectivity index (χ4n) is 4.48. The second-order valence-corrected chi connectivity index (χ2v) is 8.69. The summed E-state index contributed by atoms with van der Waals surface area (Å²) in [6, 6.07) is 12.1. The summed E-state index contributed by atoms with van der Waals surface area (Å²) in [5.41, 5.74) is 0.635. The van der Waals surface area contributed by atoms with Gasteiger partial charge in [-0.15, -0.1) is 0 Å². The number of hydrogen-bond acceptors (Lipinski definition) is 4. The molecule has 0 spiro atoms. The van der Waals surface area contributed by atoms with Crippen LogP contribution in [0.1, 0.15) is 29.5 Å². The van der Waals surface area contributed by atoms with Gasteiger partial charge in [-0.05, 0) is 49.1 Å². The number of aromatic nitrogens is 4. The SMILES string of the molecule is Cc1ccccc1-n1c(=O)n(CC2CCCO2)c(=O)c2c1ncn2Cc1ccc(C(F)(F)F)cc1. The third-order valence-electron chi connectivity index (χ3n) is 6.30. The van der Waals surface area contributed by atoms with E-state index in [0.717, 1.165) is 30.5 Å². The summed E-state index contributed by atoms with van der Waals surface area (Å²) in [6.45, 7) is 2.68. The van der Waals surface area contributed by atoms with Crippen molar-refractivity contribution in [2.24, 2.45) is 0 Å². The number of aryl methyl sites for hydroxylation is 1. The molecule has 2 aromatic carbocycles. The standard InChI is InChI=1S/C25H23F3N4O3/c1-16-5-2-3-7-20(16)32-22-21(23(33)31(24(32)34)14-19-6-4-12-35-19)30(15-29-22)13-17-8-10-18(11-9-17)25(26,27)28/h2-3,5,7-11,15,19H,4,6,12-14H2,1H3. The van der Waals surface area contributed by atoms with Crippen LogP contribution in [0.5, 0.6) is 0 Å². The van der Waals surface area contributed by atoms with Crippen LogP contribution >= 0.6 is 0 Å². The van der Waals surface area contributed by atoms with Gasteiger partial charge < -0.3 is 9.30 Å². The molecule has 35 heavy (non-hydrogen) atoms. The van der Waals surface area contributed by atoms with Crippen LogP contribution in [0.4, 0.5) is 13.2 Å².